The van der Waals surface area contributed by atoms with E-state index in [0.29, 0.717) is 28.9 Å². The van der Waals surface area contributed by atoms with Crippen molar-refractivity contribution in [3.63, 3.8) is 0 Å². The molecule has 0 amide bonds. The van der Waals surface area contributed by atoms with Crippen LogP contribution in [0.25, 0.3) is 17.1 Å². The SMILES string of the molecule is Cc1c(-c2ccc([N+](=O)[O-])o2)nc(N=C2CCCCN2C)n2c(C)nnc12. The van der Waals surface area contributed by atoms with E-state index in [2.05, 4.69) is 20.1 Å². The topological polar surface area (TPSA) is 115 Å². The van der Waals surface area contributed by atoms with Crippen LogP contribution in [-0.4, -0.2) is 48.8 Å². The minimum Gasteiger partial charge on any atom is -0.399 e. The summed E-state index contributed by atoms with van der Waals surface area (Å²) in [5, 5.41) is 19.3. The molecule has 3 aromatic heterocycles. The first-order chi connectivity index (χ1) is 13.0. The predicted molar refractivity (Wildman–Crippen MR) is 98.2 cm³/mol. The summed E-state index contributed by atoms with van der Waals surface area (Å²) in [6, 6.07) is 2.85. The Labute approximate surface area is 154 Å². The second-order valence-corrected chi connectivity index (χ2v) is 6.59. The average Bonchev–Trinajstić information content (AvgIpc) is 3.27. The van der Waals surface area contributed by atoms with Crippen molar-refractivity contribution in [2.45, 2.75) is 33.1 Å². The zero-order valence-electron chi connectivity index (χ0n) is 15.3. The lowest BCUT2D eigenvalue weighted by molar-refractivity contribution is -0.401. The summed E-state index contributed by atoms with van der Waals surface area (Å²) < 4.78 is 7.15. The van der Waals surface area contributed by atoms with Crippen molar-refractivity contribution in [1.29, 1.82) is 0 Å². The van der Waals surface area contributed by atoms with E-state index in [1.807, 2.05) is 20.9 Å². The molecule has 0 spiro atoms. The molecule has 0 radical (unpaired) electrons. The molecule has 0 N–H and O–H groups in total. The first-order valence-electron chi connectivity index (χ1n) is 8.71. The van der Waals surface area contributed by atoms with Gasteiger partial charge in [-0.15, -0.1) is 10.2 Å². The van der Waals surface area contributed by atoms with Crippen molar-refractivity contribution in [3.05, 3.63) is 33.6 Å². The van der Waals surface area contributed by atoms with E-state index >= 15 is 0 Å². The quantitative estimate of drug-likeness (QED) is 0.514. The van der Waals surface area contributed by atoms with Gasteiger partial charge in [-0.2, -0.15) is 4.99 Å². The smallest absolute Gasteiger partial charge is 0.399 e. The van der Waals surface area contributed by atoms with Gasteiger partial charge in [-0.05, 0) is 32.8 Å². The van der Waals surface area contributed by atoms with Gasteiger partial charge < -0.3 is 9.32 Å². The number of nitro groups is 1. The third kappa shape index (κ3) is 2.92. The van der Waals surface area contributed by atoms with Crippen LogP contribution in [0, 0.1) is 24.0 Å². The van der Waals surface area contributed by atoms with Crippen LogP contribution >= 0.6 is 0 Å². The van der Waals surface area contributed by atoms with Gasteiger partial charge in [-0.1, -0.05) is 0 Å². The van der Waals surface area contributed by atoms with Crippen LogP contribution in [0.3, 0.4) is 0 Å². The lowest BCUT2D eigenvalue weighted by atomic mass is 10.1. The van der Waals surface area contributed by atoms with E-state index in [9.17, 15) is 10.1 Å². The van der Waals surface area contributed by atoms with Crippen molar-refractivity contribution in [2.24, 2.45) is 4.99 Å². The Balaban J connectivity index is 1.92. The number of hydrogen-bond donors (Lipinski definition) is 0. The molecule has 0 aliphatic carbocycles. The minimum atomic E-state index is -0.573. The van der Waals surface area contributed by atoms with Crippen LogP contribution in [-0.2, 0) is 0 Å². The zero-order chi connectivity index (χ0) is 19.1. The maximum atomic E-state index is 10.9. The number of rotatable bonds is 3. The van der Waals surface area contributed by atoms with Gasteiger partial charge in [0.25, 0.3) is 0 Å². The molecule has 0 bridgehead atoms. The molecule has 0 atom stereocenters. The van der Waals surface area contributed by atoms with Crippen LogP contribution in [0.5, 0.6) is 0 Å². The summed E-state index contributed by atoms with van der Waals surface area (Å²) in [5.74, 6) is 2.04. The van der Waals surface area contributed by atoms with Crippen molar-refractivity contribution in [1.82, 2.24) is 24.5 Å². The number of aliphatic imine (C=N–C) groups is 1. The van der Waals surface area contributed by atoms with Crippen LogP contribution in [0.15, 0.2) is 21.5 Å². The molecular weight excluding hydrogens is 350 g/mol. The van der Waals surface area contributed by atoms with Gasteiger partial charge in [0.1, 0.15) is 22.3 Å². The monoisotopic (exact) mass is 369 g/mol. The van der Waals surface area contributed by atoms with E-state index in [4.69, 9.17) is 9.41 Å². The largest absolute Gasteiger partial charge is 0.433 e. The van der Waals surface area contributed by atoms with E-state index in [-0.39, 0.29) is 5.88 Å². The fourth-order valence-corrected chi connectivity index (χ4v) is 3.26. The highest BCUT2D eigenvalue weighted by molar-refractivity contribution is 5.85. The Bertz CT molecular complexity index is 1070. The fourth-order valence-electron chi connectivity index (χ4n) is 3.26. The number of aryl methyl sites for hydroxylation is 2. The first kappa shape index (κ1) is 17.1. The van der Waals surface area contributed by atoms with Gasteiger partial charge in [-0.25, -0.2) is 9.38 Å². The Morgan fingerprint density at radius 1 is 1.26 bits per heavy atom. The molecule has 0 saturated carbocycles. The van der Waals surface area contributed by atoms with Crippen molar-refractivity contribution < 1.29 is 9.34 Å². The van der Waals surface area contributed by atoms with Gasteiger partial charge >= 0.3 is 5.88 Å². The molecule has 4 heterocycles. The van der Waals surface area contributed by atoms with E-state index in [1.54, 1.807) is 4.40 Å². The first-order valence-corrected chi connectivity index (χ1v) is 8.71. The van der Waals surface area contributed by atoms with Crippen LogP contribution in [0.2, 0.25) is 0 Å². The number of fused-ring (bicyclic) bond motifs is 1. The number of nitrogens with zero attached hydrogens (tertiary/aromatic N) is 7. The highest BCUT2D eigenvalue weighted by atomic mass is 16.6. The second-order valence-electron chi connectivity index (χ2n) is 6.59. The molecule has 1 saturated heterocycles. The number of likely N-dealkylation sites (tertiary alicyclic amines) is 1. The Hall–Kier alpha value is -3.30. The summed E-state index contributed by atoms with van der Waals surface area (Å²) in [5.41, 5.74) is 1.80. The molecule has 140 valence electrons. The van der Waals surface area contributed by atoms with Gasteiger partial charge in [0.2, 0.25) is 5.95 Å². The van der Waals surface area contributed by atoms with Gasteiger partial charge in [0, 0.05) is 25.6 Å². The zero-order valence-corrected chi connectivity index (χ0v) is 15.3. The summed E-state index contributed by atoms with van der Waals surface area (Å²) in [6.07, 6.45) is 3.09. The van der Waals surface area contributed by atoms with E-state index < -0.39 is 4.92 Å². The third-order valence-corrected chi connectivity index (χ3v) is 4.75. The standard InChI is InChI=1S/C17H19N7O3/c1-10-15(12-7-8-14(27-12)24(25)26)19-17(23-11(2)20-21-16(10)23)18-13-6-4-5-9-22(13)3/h7-8H,4-6,9H2,1-3H3. The molecule has 1 fully saturated rings. The molecule has 3 aromatic rings. The van der Waals surface area contributed by atoms with E-state index in [1.165, 1.54) is 12.1 Å². The highest BCUT2D eigenvalue weighted by Gasteiger charge is 2.22. The minimum absolute atomic E-state index is 0.306. The highest BCUT2D eigenvalue weighted by Crippen LogP contribution is 2.31. The van der Waals surface area contributed by atoms with Crippen molar-refractivity contribution in [3.8, 4) is 11.5 Å². The number of furan rings is 1. The summed E-state index contributed by atoms with van der Waals surface area (Å²) >= 11 is 0. The maximum Gasteiger partial charge on any atom is 0.433 e. The predicted octanol–water partition coefficient (Wildman–Crippen LogP) is 3.06. The van der Waals surface area contributed by atoms with Crippen molar-refractivity contribution >= 4 is 23.3 Å². The van der Waals surface area contributed by atoms with Crippen LogP contribution in [0.4, 0.5) is 11.8 Å². The molecule has 4 rings (SSSR count). The number of piperidine rings is 1. The Morgan fingerprint density at radius 3 is 2.78 bits per heavy atom. The summed E-state index contributed by atoms with van der Waals surface area (Å²) in [6.45, 7) is 4.63. The number of aromatic nitrogens is 4. The molecule has 1 aliphatic rings. The summed E-state index contributed by atoms with van der Waals surface area (Å²) in [7, 11) is 2.01. The number of hydrogen-bond acceptors (Lipinski definition) is 7. The Morgan fingerprint density at radius 2 is 2.07 bits per heavy atom. The normalized spacial score (nSPS) is 16.4. The second kappa shape index (κ2) is 6.45. The van der Waals surface area contributed by atoms with Gasteiger partial charge in [-0.3, -0.25) is 10.1 Å². The molecule has 0 unspecified atom stereocenters. The summed E-state index contributed by atoms with van der Waals surface area (Å²) in [4.78, 5) is 21.9. The van der Waals surface area contributed by atoms with Crippen LogP contribution in [0.1, 0.15) is 30.7 Å². The van der Waals surface area contributed by atoms with Gasteiger partial charge in [0.15, 0.2) is 11.4 Å². The molecule has 10 nitrogen and oxygen atoms in total. The Kier molecular flexibility index (Phi) is 4.09. The van der Waals surface area contributed by atoms with Crippen LogP contribution < -0.4 is 0 Å². The number of amidine groups is 1. The molecule has 0 aromatic carbocycles. The molecule has 27 heavy (non-hydrogen) atoms. The van der Waals surface area contributed by atoms with Gasteiger partial charge in [0.05, 0.1) is 6.07 Å². The van der Waals surface area contributed by atoms with Crippen molar-refractivity contribution in [2.75, 3.05) is 13.6 Å². The third-order valence-electron chi connectivity index (χ3n) is 4.75. The molecule has 1 aliphatic heterocycles. The maximum absolute atomic E-state index is 10.9. The lowest BCUT2D eigenvalue weighted by Crippen LogP contribution is -2.31. The fraction of sp³-hybridized carbons (Fsp3) is 0.412. The molecular formula is C17H19N7O3. The lowest BCUT2D eigenvalue weighted by Gasteiger charge is -2.25. The van der Waals surface area contributed by atoms with E-state index in [0.717, 1.165) is 37.2 Å². The average molecular weight is 369 g/mol. The molecule has 10 heteroatoms.